The van der Waals surface area contributed by atoms with Crippen LogP contribution in [0, 0.1) is 5.92 Å². The van der Waals surface area contributed by atoms with Crippen LogP contribution in [0.4, 0.5) is 14.6 Å². The second-order valence-electron chi connectivity index (χ2n) is 7.57. The third-order valence-corrected chi connectivity index (χ3v) is 4.99. The van der Waals surface area contributed by atoms with Crippen LogP contribution in [0.3, 0.4) is 0 Å². The minimum absolute atomic E-state index is 0.124. The van der Waals surface area contributed by atoms with Gasteiger partial charge in [0.05, 0.1) is 19.7 Å². The Morgan fingerprint density at radius 1 is 1.24 bits per heavy atom. The van der Waals surface area contributed by atoms with Crippen molar-refractivity contribution >= 4 is 28.6 Å². The Morgan fingerprint density at radius 2 is 2.03 bits per heavy atom. The molecule has 154 valence electrons. The third-order valence-electron chi connectivity index (χ3n) is 4.62. The van der Waals surface area contributed by atoms with Gasteiger partial charge in [0.2, 0.25) is 0 Å². The van der Waals surface area contributed by atoms with Crippen molar-refractivity contribution in [1.82, 2.24) is 25.0 Å². The molecule has 0 unspecified atom stereocenters. The molecule has 4 rings (SSSR count). The summed E-state index contributed by atoms with van der Waals surface area (Å²) in [6.07, 6.45) is -0.228. The van der Waals surface area contributed by atoms with E-state index < -0.39 is 12.5 Å². The van der Waals surface area contributed by atoms with E-state index in [1.165, 1.54) is 4.90 Å². The van der Waals surface area contributed by atoms with Crippen molar-refractivity contribution in [3.63, 3.8) is 0 Å². The predicted octanol–water partition coefficient (Wildman–Crippen LogP) is 3.80. The lowest BCUT2D eigenvalue weighted by atomic mass is 10.2. The number of anilines is 1. The second kappa shape index (κ2) is 7.70. The van der Waals surface area contributed by atoms with Crippen LogP contribution in [0.15, 0.2) is 24.3 Å². The second-order valence-corrected chi connectivity index (χ2v) is 7.98. The zero-order chi connectivity index (χ0) is 20.6. The van der Waals surface area contributed by atoms with Gasteiger partial charge in [-0.3, -0.25) is 0 Å². The SMILES string of the molecule is CC(C)COc1nc(N2CCC(F)(F)C2)c2nnn(Cc3ccccc3Cl)c2n1. The molecular formula is C19H21ClF2N6O. The summed E-state index contributed by atoms with van der Waals surface area (Å²) in [6, 6.07) is 7.52. The van der Waals surface area contributed by atoms with Crippen molar-refractivity contribution in [3.8, 4) is 6.01 Å². The van der Waals surface area contributed by atoms with Gasteiger partial charge in [0.1, 0.15) is 0 Å². The normalized spacial score (nSPS) is 16.1. The minimum atomic E-state index is -2.76. The zero-order valence-electron chi connectivity index (χ0n) is 16.1. The van der Waals surface area contributed by atoms with Gasteiger partial charge < -0.3 is 9.64 Å². The van der Waals surface area contributed by atoms with Crippen LogP contribution in [0.2, 0.25) is 5.02 Å². The summed E-state index contributed by atoms with van der Waals surface area (Å²) in [5.41, 5.74) is 1.63. The highest BCUT2D eigenvalue weighted by Crippen LogP contribution is 2.33. The van der Waals surface area contributed by atoms with Crippen molar-refractivity contribution in [2.75, 3.05) is 24.6 Å². The molecule has 0 radical (unpaired) electrons. The Kier molecular flexibility index (Phi) is 5.24. The van der Waals surface area contributed by atoms with E-state index in [9.17, 15) is 8.78 Å². The zero-order valence-corrected chi connectivity index (χ0v) is 16.9. The highest BCUT2D eigenvalue weighted by Gasteiger charge is 2.40. The average molecular weight is 423 g/mol. The van der Waals surface area contributed by atoms with E-state index in [1.807, 2.05) is 32.0 Å². The Morgan fingerprint density at radius 3 is 2.72 bits per heavy atom. The Labute approximate surface area is 171 Å². The monoisotopic (exact) mass is 422 g/mol. The van der Waals surface area contributed by atoms with E-state index in [4.69, 9.17) is 16.3 Å². The number of halogens is 3. The number of alkyl halides is 2. The van der Waals surface area contributed by atoms with Gasteiger partial charge in [0.15, 0.2) is 17.0 Å². The molecule has 0 N–H and O–H groups in total. The molecule has 1 saturated heterocycles. The molecule has 0 spiro atoms. The Balaban J connectivity index is 1.75. The third kappa shape index (κ3) is 4.24. The highest BCUT2D eigenvalue weighted by atomic mass is 35.5. The number of rotatable bonds is 6. The molecule has 0 aliphatic carbocycles. The van der Waals surface area contributed by atoms with Crippen molar-refractivity contribution in [1.29, 1.82) is 0 Å². The van der Waals surface area contributed by atoms with Crippen LogP contribution in [0.1, 0.15) is 25.8 Å². The topological polar surface area (TPSA) is 69.0 Å². The first kappa shape index (κ1) is 19.8. The van der Waals surface area contributed by atoms with Gasteiger partial charge in [0, 0.05) is 18.0 Å². The molecule has 0 saturated carbocycles. The standard InChI is InChI=1S/C19H21ClF2N6O/c1-12(2)10-29-18-23-16(27-8-7-19(21,22)11-27)15-17(24-18)28(26-25-15)9-13-5-3-4-6-14(13)20/h3-6,12H,7-11H2,1-2H3. The smallest absolute Gasteiger partial charge is 0.320 e. The molecular weight excluding hydrogens is 402 g/mol. The fourth-order valence-electron chi connectivity index (χ4n) is 3.16. The van der Waals surface area contributed by atoms with Gasteiger partial charge in [-0.1, -0.05) is 48.9 Å². The van der Waals surface area contributed by atoms with Gasteiger partial charge in [-0.2, -0.15) is 9.97 Å². The van der Waals surface area contributed by atoms with E-state index in [1.54, 1.807) is 10.7 Å². The highest BCUT2D eigenvalue weighted by molar-refractivity contribution is 6.31. The van der Waals surface area contributed by atoms with E-state index in [0.29, 0.717) is 35.2 Å². The van der Waals surface area contributed by atoms with Gasteiger partial charge in [-0.05, 0) is 17.5 Å². The maximum Gasteiger partial charge on any atom is 0.320 e. The molecule has 2 aromatic heterocycles. The van der Waals surface area contributed by atoms with Crippen molar-refractivity contribution in [2.24, 2.45) is 5.92 Å². The molecule has 1 aromatic carbocycles. The molecule has 10 heteroatoms. The lowest BCUT2D eigenvalue weighted by Crippen LogP contribution is -2.26. The summed E-state index contributed by atoms with van der Waals surface area (Å²) < 4.78 is 34.9. The van der Waals surface area contributed by atoms with E-state index >= 15 is 0 Å². The minimum Gasteiger partial charge on any atom is -0.463 e. The summed E-state index contributed by atoms with van der Waals surface area (Å²) in [5.74, 6) is -2.18. The summed E-state index contributed by atoms with van der Waals surface area (Å²) in [7, 11) is 0. The molecule has 0 atom stereocenters. The first-order valence-corrected chi connectivity index (χ1v) is 9.80. The molecule has 3 heterocycles. The summed E-state index contributed by atoms with van der Waals surface area (Å²) in [5, 5.41) is 8.95. The average Bonchev–Trinajstić information content (AvgIpc) is 3.24. The van der Waals surface area contributed by atoms with Crippen LogP contribution in [-0.4, -0.2) is 50.6 Å². The Hall–Kier alpha value is -2.55. The van der Waals surface area contributed by atoms with Gasteiger partial charge in [0.25, 0.3) is 5.92 Å². The van der Waals surface area contributed by atoms with E-state index in [-0.39, 0.29) is 24.9 Å². The van der Waals surface area contributed by atoms with Crippen LogP contribution < -0.4 is 9.64 Å². The van der Waals surface area contributed by atoms with Crippen molar-refractivity contribution in [2.45, 2.75) is 32.7 Å². The molecule has 0 amide bonds. The molecule has 3 aromatic rings. The Bertz CT molecular complexity index is 1030. The number of aromatic nitrogens is 5. The summed E-state index contributed by atoms with van der Waals surface area (Å²) in [4.78, 5) is 10.3. The van der Waals surface area contributed by atoms with Crippen LogP contribution in [0.25, 0.3) is 11.2 Å². The maximum absolute atomic E-state index is 13.8. The number of nitrogens with zero attached hydrogens (tertiary/aromatic N) is 6. The molecule has 0 bridgehead atoms. The van der Waals surface area contributed by atoms with Crippen molar-refractivity contribution in [3.05, 3.63) is 34.9 Å². The van der Waals surface area contributed by atoms with Crippen LogP contribution in [-0.2, 0) is 6.54 Å². The summed E-state index contributed by atoms with van der Waals surface area (Å²) >= 11 is 6.26. The fourth-order valence-corrected chi connectivity index (χ4v) is 3.36. The lowest BCUT2D eigenvalue weighted by Gasteiger charge is -2.18. The van der Waals surface area contributed by atoms with Crippen molar-refractivity contribution < 1.29 is 13.5 Å². The first-order chi connectivity index (χ1) is 13.8. The number of ether oxygens (including phenoxy) is 1. The van der Waals surface area contributed by atoms with Crippen LogP contribution in [0.5, 0.6) is 6.01 Å². The molecule has 1 fully saturated rings. The van der Waals surface area contributed by atoms with Crippen LogP contribution >= 0.6 is 11.6 Å². The predicted molar refractivity (Wildman–Crippen MR) is 106 cm³/mol. The quantitative estimate of drug-likeness (QED) is 0.601. The van der Waals surface area contributed by atoms with Gasteiger partial charge >= 0.3 is 6.01 Å². The van der Waals surface area contributed by atoms with E-state index in [0.717, 1.165) is 5.56 Å². The number of hydrogen-bond donors (Lipinski definition) is 0. The number of benzene rings is 1. The lowest BCUT2D eigenvalue weighted by molar-refractivity contribution is 0.0257. The first-order valence-electron chi connectivity index (χ1n) is 9.42. The summed E-state index contributed by atoms with van der Waals surface area (Å²) in [6.45, 7) is 4.52. The molecule has 7 nitrogen and oxygen atoms in total. The van der Waals surface area contributed by atoms with Gasteiger partial charge in [-0.15, -0.1) is 5.10 Å². The van der Waals surface area contributed by atoms with E-state index in [2.05, 4.69) is 20.3 Å². The molecule has 1 aliphatic rings. The fraction of sp³-hybridized carbons (Fsp3) is 0.474. The molecule has 1 aliphatic heterocycles. The molecule has 29 heavy (non-hydrogen) atoms. The maximum atomic E-state index is 13.8. The largest absolute Gasteiger partial charge is 0.463 e. The number of fused-ring (bicyclic) bond motifs is 1. The van der Waals surface area contributed by atoms with Gasteiger partial charge in [-0.25, -0.2) is 13.5 Å². The number of hydrogen-bond acceptors (Lipinski definition) is 6.